The van der Waals surface area contributed by atoms with Gasteiger partial charge >= 0.3 is 0 Å². The zero-order valence-corrected chi connectivity index (χ0v) is 15.4. The van der Waals surface area contributed by atoms with E-state index in [1.54, 1.807) is 7.11 Å². The molecule has 134 valence electrons. The number of nitrogens with zero attached hydrogens (tertiary/aromatic N) is 1. The lowest BCUT2D eigenvalue weighted by molar-refractivity contribution is 0.328. The minimum atomic E-state index is 0.0978. The Morgan fingerprint density at radius 1 is 1.12 bits per heavy atom. The lowest BCUT2D eigenvalue weighted by Gasteiger charge is -2.19. The van der Waals surface area contributed by atoms with Crippen LogP contribution in [0.25, 0.3) is 0 Å². The van der Waals surface area contributed by atoms with Crippen LogP contribution < -0.4 is 20.5 Å². The third-order valence-corrected chi connectivity index (χ3v) is 3.71. The van der Waals surface area contributed by atoms with Gasteiger partial charge in [0.15, 0.2) is 5.96 Å². The molecular weight excluding hydrogens is 314 g/mol. The topological polar surface area (TPSA) is 68.9 Å². The molecule has 0 aliphatic rings. The first-order valence-corrected chi connectivity index (χ1v) is 8.33. The minimum absolute atomic E-state index is 0.0978. The number of para-hydroxylation sites is 2. The van der Waals surface area contributed by atoms with Crippen molar-refractivity contribution in [2.75, 3.05) is 25.6 Å². The summed E-state index contributed by atoms with van der Waals surface area (Å²) in [6, 6.07) is 15.7. The molecule has 0 unspecified atom stereocenters. The molecule has 0 fully saturated rings. The minimum Gasteiger partial charge on any atom is -0.495 e. The van der Waals surface area contributed by atoms with E-state index >= 15 is 0 Å². The van der Waals surface area contributed by atoms with E-state index in [1.165, 1.54) is 5.56 Å². The Kier molecular flexibility index (Phi) is 6.28. The van der Waals surface area contributed by atoms with Crippen LogP contribution >= 0.6 is 0 Å². The Hall–Kier alpha value is -2.69. The first-order valence-electron chi connectivity index (χ1n) is 8.33. The SMILES string of the molecule is COc1ccccc1NC(N)=NCCOc1cccc(C(C)(C)C)c1. The molecule has 2 rings (SSSR count). The van der Waals surface area contributed by atoms with Crippen molar-refractivity contribution in [2.45, 2.75) is 26.2 Å². The van der Waals surface area contributed by atoms with E-state index in [0.29, 0.717) is 19.1 Å². The maximum Gasteiger partial charge on any atom is 0.193 e. The van der Waals surface area contributed by atoms with Crippen molar-refractivity contribution in [1.29, 1.82) is 0 Å². The van der Waals surface area contributed by atoms with Crippen LogP contribution in [0.4, 0.5) is 5.69 Å². The number of aliphatic imine (C=N–C) groups is 1. The predicted octanol–water partition coefficient (Wildman–Crippen LogP) is 3.80. The fraction of sp³-hybridized carbons (Fsp3) is 0.350. The number of benzene rings is 2. The fourth-order valence-corrected chi connectivity index (χ4v) is 2.31. The average molecular weight is 341 g/mol. The van der Waals surface area contributed by atoms with E-state index in [1.807, 2.05) is 36.4 Å². The normalized spacial score (nSPS) is 11.9. The summed E-state index contributed by atoms with van der Waals surface area (Å²) in [5, 5.41) is 3.04. The summed E-state index contributed by atoms with van der Waals surface area (Å²) in [4.78, 5) is 4.28. The lowest BCUT2D eigenvalue weighted by Crippen LogP contribution is -2.23. The number of ether oxygens (including phenoxy) is 2. The van der Waals surface area contributed by atoms with Crippen LogP contribution in [0.15, 0.2) is 53.5 Å². The number of hydrogen-bond acceptors (Lipinski definition) is 3. The van der Waals surface area contributed by atoms with Crippen LogP contribution in [-0.4, -0.2) is 26.2 Å². The highest BCUT2D eigenvalue weighted by molar-refractivity contribution is 5.93. The average Bonchev–Trinajstić information content (AvgIpc) is 2.59. The maximum absolute atomic E-state index is 5.92. The van der Waals surface area contributed by atoms with Gasteiger partial charge in [-0.25, -0.2) is 4.99 Å². The van der Waals surface area contributed by atoms with Crippen LogP contribution in [0.5, 0.6) is 11.5 Å². The van der Waals surface area contributed by atoms with Crippen molar-refractivity contribution in [2.24, 2.45) is 10.7 Å². The number of nitrogens with one attached hydrogen (secondary N) is 1. The summed E-state index contributed by atoms with van der Waals surface area (Å²) in [7, 11) is 1.62. The molecule has 25 heavy (non-hydrogen) atoms. The number of methoxy groups -OCH3 is 1. The van der Waals surface area contributed by atoms with Crippen LogP contribution in [0.1, 0.15) is 26.3 Å². The predicted molar refractivity (Wildman–Crippen MR) is 104 cm³/mol. The largest absolute Gasteiger partial charge is 0.495 e. The lowest BCUT2D eigenvalue weighted by atomic mass is 9.87. The Labute approximate surface area is 149 Å². The molecule has 2 aromatic rings. The molecular formula is C20H27N3O2. The van der Waals surface area contributed by atoms with Crippen molar-refractivity contribution in [3.8, 4) is 11.5 Å². The molecule has 0 atom stereocenters. The second-order valence-corrected chi connectivity index (χ2v) is 6.72. The van der Waals surface area contributed by atoms with Crippen LogP contribution in [0.2, 0.25) is 0 Å². The van der Waals surface area contributed by atoms with Crippen molar-refractivity contribution >= 4 is 11.6 Å². The van der Waals surface area contributed by atoms with Crippen molar-refractivity contribution < 1.29 is 9.47 Å². The van der Waals surface area contributed by atoms with Crippen molar-refractivity contribution in [3.05, 3.63) is 54.1 Å². The fourth-order valence-electron chi connectivity index (χ4n) is 2.31. The Morgan fingerprint density at radius 2 is 1.88 bits per heavy atom. The third kappa shape index (κ3) is 5.71. The van der Waals surface area contributed by atoms with Gasteiger partial charge in [-0.15, -0.1) is 0 Å². The Morgan fingerprint density at radius 3 is 2.60 bits per heavy atom. The summed E-state index contributed by atoms with van der Waals surface area (Å²) in [5.74, 6) is 1.89. The molecule has 5 nitrogen and oxygen atoms in total. The Bertz CT molecular complexity index is 721. The van der Waals surface area contributed by atoms with E-state index in [9.17, 15) is 0 Å². The van der Waals surface area contributed by atoms with Gasteiger partial charge < -0.3 is 20.5 Å². The molecule has 0 amide bonds. The van der Waals surface area contributed by atoms with Gasteiger partial charge in [-0.05, 0) is 35.2 Å². The monoisotopic (exact) mass is 341 g/mol. The zero-order valence-electron chi connectivity index (χ0n) is 15.4. The number of anilines is 1. The van der Waals surface area contributed by atoms with Crippen LogP contribution in [-0.2, 0) is 5.41 Å². The molecule has 5 heteroatoms. The second-order valence-electron chi connectivity index (χ2n) is 6.72. The second kappa shape index (κ2) is 8.42. The van der Waals surface area contributed by atoms with Gasteiger partial charge in [0.2, 0.25) is 0 Å². The Balaban J connectivity index is 1.87. The molecule has 0 radical (unpaired) electrons. The van der Waals surface area contributed by atoms with E-state index < -0.39 is 0 Å². The highest BCUT2D eigenvalue weighted by Gasteiger charge is 2.13. The number of rotatable bonds is 6. The van der Waals surface area contributed by atoms with Crippen molar-refractivity contribution in [1.82, 2.24) is 0 Å². The summed E-state index contributed by atoms with van der Waals surface area (Å²) < 4.78 is 11.0. The highest BCUT2D eigenvalue weighted by atomic mass is 16.5. The van der Waals surface area contributed by atoms with Crippen molar-refractivity contribution in [3.63, 3.8) is 0 Å². The number of nitrogens with two attached hydrogens (primary N) is 1. The number of hydrogen-bond donors (Lipinski definition) is 2. The number of guanidine groups is 1. The van der Waals surface area contributed by atoms with E-state index in [2.05, 4.69) is 43.2 Å². The van der Waals surface area contributed by atoms with Gasteiger partial charge in [-0.1, -0.05) is 45.0 Å². The van der Waals surface area contributed by atoms with E-state index in [4.69, 9.17) is 15.2 Å². The molecule has 0 spiro atoms. The smallest absolute Gasteiger partial charge is 0.193 e. The summed E-state index contributed by atoms with van der Waals surface area (Å²) in [6.07, 6.45) is 0. The summed E-state index contributed by atoms with van der Waals surface area (Å²) >= 11 is 0. The molecule has 0 heterocycles. The summed E-state index contributed by atoms with van der Waals surface area (Å²) in [5.41, 5.74) is 8.04. The standard InChI is InChI=1S/C20H27N3O2/c1-20(2,3)15-8-7-9-16(14-15)25-13-12-22-19(21)23-17-10-5-6-11-18(17)24-4/h5-11,14H,12-13H2,1-4H3,(H3,21,22,23). The quantitative estimate of drug-likeness (QED) is 0.476. The van der Waals surface area contributed by atoms with Crippen LogP contribution in [0, 0.1) is 0 Å². The summed E-state index contributed by atoms with van der Waals surface area (Å²) in [6.45, 7) is 7.47. The van der Waals surface area contributed by atoms with Gasteiger partial charge in [0, 0.05) is 0 Å². The van der Waals surface area contributed by atoms with Gasteiger partial charge in [0.1, 0.15) is 18.1 Å². The first kappa shape index (κ1) is 18.6. The highest BCUT2D eigenvalue weighted by Crippen LogP contribution is 2.25. The van der Waals surface area contributed by atoms with E-state index in [0.717, 1.165) is 17.2 Å². The molecule has 3 N–H and O–H groups in total. The van der Waals surface area contributed by atoms with Gasteiger partial charge in [-0.2, -0.15) is 0 Å². The maximum atomic E-state index is 5.92. The molecule has 0 aliphatic carbocycles. The molecule has 2 aromatic carbocycles. The van der Waals surface area contributed by atoms with Gasteiger partial charge in [-0.3, -0.25) is 0 Å². The van der Waals surface area contributed by atoms with Crippen LogP contribution in [0.3, 0.4) is 0 Å². The molecule has 0 aliphatic heterocycles. The molecule has 0 bridgehead atoms. The zero-order chi connectivity index (χ0) is 18.3. The van der Waals surface area contributed by atoms with Gasteiger partial charge in [0.05, 0.1) is 19.3 Å². The molecule has 0 saturated carbocycles. The third-order valence-electron chi connectivity index (χ3n) is 3.71. The molecule has 0 saturated heterocycles. The molecule has 0 aromatic heterocycles. The van der Waals surface area contributed by atoms with Gasteiger partial charge in [0.25, 0.3) is 0 Å². The first-order chi connectivity index (χ1) is 11.9. The van der Waals surface area contributed by atoms with E-state index in [-0.39, 0.29) is 5.41 Å².